The third kappa shape index (κ3) is 4.42. The van der Waals surface area contributed by atoms with E-state index in [0.29, 0.717) is 0 Å². The maximum Gasteiger partial charge on any atom is 0.0526 e. The lowest BCUT2D eigenvalue weighted by molar-refractivity contribution is 1.32. The van der Waals surface area contributed by atoms with Crippen molar-refractivity contribution in [3.63, 3.8) is 0 Å². The van der Waals surface area contributed by atoms with Crippen molar-refractivity contribution in [3.8, 4) is 0 Å². The van der Waals surface area contributed by atoms with E-state index in [9.17, 15) is 0 Å². The van der Waals surface area contributed by atoms with Crippen LogP contribution in [0.25, 0.3) is 10.8 Å². The molecule has 0 aromatic heterocycles. The highest BCUT2D eigenvalue weighted by atomic mass is 32.2. The normalized spacial score (nSPS) is 11.4. The van der Waals surface area contributed by atoms with Crippen molar-refractivity contribution in [2.75, 3.05) is 10.6 Å². The van der Waals surface area contributed by atoms with Crippen molar-refractivity contribution in [2.24, 2.45) is 0 Å². The van der Waals surface area contributed by atoms with E-state index in [-0.39, 0.29) is 0 Å². The average Bonchev–Trinajstić information content (AvgIpc) is 2.84. The summed E-state index contributed by atoms with van der Waals surface area (Å²) in [4.78, 5) is 2.59. The quantitative estimate of drug-likeness (QED) is 0.295. The van der Waals surface area contributed by atoms with Crippen molar-refractivity contribution < 1.29 is 0 Å². The van der Waals surface area contributed by atoms with Gasteiger partial charge in [-0.25, -0.2) is 0 Å². The van der Waals surface area contributed by atoms with Crippen LogP contribution in [0, 0.1) is 0 Å². The van der Waals surface area contributed by atoms with Gasteiger partial charge < -0.3 is 10.6 Å². The van der Waals surface area contributed by atoms with Crippen molar-refractivity contribution in [2.45, 2.75) is 9.79 Å². The summed E-state index contributed by atoms with van der Waals surface area (Å²) in [5, 5.41) is 9.37. The lowest BCUT2D eigenvalue weighted by Crippen LogP contribution is -1.98. The van der Waals surface area contributed by atoms with Gasteiger partial charge in [0, 0.05) is 26.6 Å². The molecule has 5 aromatic rings. The Balaban J connectivity index is 0.000000134. The van der Waals surface area contributed by atoms with Crippen LogP contribution in [-0.2, 0) is 0 Å². The second-order valence-electron chi connectivity index (χ2n) is 7.24. The van der Waals surface area contributed by atoms with Crippen molar-refractivity contribution in [1.82, 2.24) is 0 Å². The fourth-order valence-corrected chi connectivity index (χ4v) is 4.58. The summed E-state index contributed by atoms with van der Waals surface area (Å²) in [5.74, 6) is 0. The van der Waals surface area contributed by atoms with Crippen LogP contribution in [0.3, 0.4) is 0 Å². The van der Waals surface area contributed by atoms with Crippen LogP contribution in [0.4, 0.5) is 22.7 Å². The molecule has 2 N–H and O–H groups in total. The minimum Gasteiger partial charge on any atom is -0.355 e. The molecule has 0 saturated carbocycles. The fraction of sp³-hybridized carbons (Fsp3) is 0. The molecule has 0 saturated heterocycles. The topological polar surface area (TPSA) is 24.1 Å². The zero-order valence-corrected chi connectivity index (χ0v) is 17.8. The van der Waals surface area contributed by atoms with Gasteiger partial charge in [0.1, 0.15) is 0 Å². The van der Waals surface area contributed by atoms with Gasteiger partial charge in [0.25, 0.3) is 0 Å². The Morgan fingerprint density at radius 3 is 1.84 bits per heavy atom. The third-order valence-electron chi connectivity index (χ3n) is 5.11. The third-order valence-corrected chi connectivity index (χ3v) is 6.26. The number of hydrogen-bond donors (Lipinski definition) is 2. The average molecular weight is 419 g/mol. The largest absolute Gasteiger partial charge is 0.355 e. The second-order valence-corrected chi connectivity index (χ2v) is 8.32. The second kappa shape index (κ2) is 8.99. The lowest BCUT2D eigenvalue weighted by Gasteiger charge is -2.19. The van der Waals surface area contributed by atoms with Crippen molar-refractivity contribution in [1.29, 1.82) is 0 Å². The monoisotopic (exact) mass is 418 g/mol. The highest BCUT2D eigenvalue weighted by molar-refractivity contribution is 7.99. The summed E-state index contributed by atoms with van der Waals surface area (Å²) < 4.78 is 0. The predicted molar refractivity (Wildman–Crippen MR) is 134 cm³/mol. The van der Waals surface area contributed by atoms with Crippen LogP contribution < -0.4 is 10.6 Å². The van der Waals surface area contributed by atoms with Crippen LogP contribution in [0.5, 0.6) is 0 Å². The fourth-order valence-electron chi connectivity index (χ4n) is 3.59. The molecule has 1 aliphatic heterocycles. The molecule has 0 aliphatic carbocycles. The molecule has 0 bridgehead atoms. The minimum absolute atomic E-state index is 1.11. The van der Waals surface area contributed by atoms with Crippen LogP contribution in [0.2, 0.25) is 0 Å². The van der Waals surface area contributed by atoms with Crippen molar-refractivity contribution in [3.05, 3.63) is 121 Å². The Morgan fingerprint density at radius 2 is 1.10 bits per heavy atom. The Kier molecular flexibility index (Phi) is 5.59. The molecular formula is C28H22N2S. The van der Waals surface area contributed by atoms with Gasteiger partial charge in [-0.1, -0.05) is 90.6 Å². The SMILES string of the molecule is c1ccc(Nc2cccc3ccccc23)cc1.c1ccc2c(c1)Nc1ccccc1S2. The maximum absolute atomic E-state index is 3.45. The van der Waals surface area contributed by atoms with Crippen LogP contribution in [0.1, 0.15) is 0 Å². The Morgan fingerprint density at radius 1 is 0.516 bits per heavy atom. The molecule has 3 heteroatoms. The molecule has 0 amide bonds. The first kappa shape index (κ1) is 19.3. The Labute approximate surface area is 187 Å². The van der Waals surface area contributed by atoms with Gasteiger partial charge in [-0.15, -0.1) is 0 Å². The van der Waals surface area contributed by atoms with Gasteiger partial charge in [0.05, 0.1) is 11.4 Å². The van der Waals surface area contributed by atoms with Crippen LogP contribution in [0.15, 0.2) is 131 Å². The molecule has 0 spiro atoms. The summed E-state index contributed by atoms with van der Waals surface area (Å²) >= 11 is 1.82. The van der Waals surface area contributed by atoms with Gasteiger partial charge >= 0.3 is 0 Å². The number of benzene rings is 5. The molecule has 31 heavy (non-hydrogen) atoms. The Bertz CT molecular complexity index is 1220. The summed E-state index contributed by atoms with van der Waals surface area (Å²) in [6, 6.07) is 41.7. The van der Waals surface area contributed by atoms with E-state index in [4.69, 9.17) is 0 Å². The van der Waals surface area contributed by atoms with E-state index >= 15 is 0 Å². The van der Waals surface area contributed by atoms with E-state index in [1.165, 1.54) is 31.9 Å². The number of para-hydroxylation sites is 3. The maximum atomic E-state index is 3.45. The number of anilines is 4. The van der Waals surface area contributed by atoms with E-state index < -0.39 is 0 Å². The van der Waals surface area contributed by atoms with Gasteiger partial charge in [-0.05, 0) is 47.9 Å². The van der Waals surface area contributed by atoms with Gasteiger partial charge in [-0.3, -0.25) is 0 Å². The number of hydrogen-bond acceptors (Lipinski definition) is 3. The molecule has 1 heterocycles. The predicted octanol–water partition coefficient (Wildman–Crippen LogP) is 8.48. The standard InChI is InChI=1S/C16H13N.C12H9NS/c1-2-9-14(10-3-1)17-16-12-6-8-13-7-4-5-11-15(13)16;1-3-7-11-9(5-1)13-10-6-2-4-8-12(10)14-11/h1-12,17H;1-8,13H. The molecule has 0 radical (unpaired) electrons. The molecular weight excluding hydrogens is 396 g/mol. The molecule has 0 fully saturated rings. The first-order valence-electron chi connectivity index (χ1n) is 10.3. The summed E-state index contributed by atoms with van der Waals surface area (Å²) in [6.07, 6.45) is 0. The number of nitrogens with one attached hydrogen (secondary N) is 2. The molecule has 150 valence electrons. The van der Waals surface area contributed by atoms with Gasteiger partial charge in [-0.2, -0.15) is 0 Å². The molecule has 1 aliphatic rings. The number of rotatable bonds is 2. The van der Waals surface area contributed by atoms with Crippen LogP contribution >= 0.6 is 11.8 Å². The zero-order chi connectivity index (χ0) is 20.9. The van der Waals surface area contributed by atoms with E-state index in [1.54, 1.807) is 0 Å². The minimum atomic E-state index is 1.11. The van der Waals surface area contributed by atoms with E-state index in [2.05, 4.69) is 114 Å². The summed E-state index contributed by atoms with van der Waals surface area (Å²) in [6.45, 7) is 0. The molecule has 2 nitrogen and oxygen atoms in total. The first-order valence-corrected chi connectivity index (χ1v) is 11.1. The summed E-state index contributed by atoms with van der Waals surface area (Å²) in [7, 11) is 0. The van der Waals surface area contributed by atoms with Gasteiger partial charge in [0.2, 0.25) is 0 Å². The number of fused-ring (bicyclic) bond motifs is 3. The van der Waals surface area contributed by atoms with Crippen molar-refractivity contribution >= 4 is 45.3 Å². The highest BCUT2D eigenvalue weighted by Gasteiger charge is 2.13. The van der Waals surface area contributed by atoms with Gasteiger partial charge in [0.15, 0.2) is 0 Å². The lowest BCUT2D eigenvalue weighted by atomic mass is 10.1. The van der Waals surface area contributed by atoms with Crippen LogP contribution in [-0.4, -0.2) is 0 Å². The summed E-state index contributed by atoms with van der Waals surface area (Å²) in [5.41, 5.74) is 4.67. The zero-order valence-electron chi connectivity index (χ0n) is 17.0. The van der Waals surface area contributed by atoms with E-state index in [0.717, 1.165) is 11.4 Å². The molecule has 0 unspecified atom stereocenters. The Hall–Kier alpha value is -3.69. The first-order chi connectivity index (χ1) is 15.4. The smallest absolute Gasteiger partial charge is 0.0526 e. The highest BCUT2D eigenvalue weighted by Crippen LogP contribution is 2.43. The molecule has 5 aromatic carbocycles. The molecule has 0 atom stereocenters. The molecule has 6 rings (SSSR count). The van der Waals surface area contributed by atoms with E-state index in [1.807, 2.05) is 30.0 Å².